The van der Waals surface area contributed by atoms with Gasteiger partial charge in [0.05, 0.1) is 12.8 Å². The van der Waals surface area contributed by atoms with Crippen LogP contribution < -0.4 is 4.74 Å². The van der Waals surface area contributed by atoms with Gasteiger partial charge < -0.3 is 14.4 Å². The van der Waals surface area contributed by atoms with E-state index in [4.69, 9.17) is 9.47 Å². The van der Waals surface area contributed by atoms with Gasteiger partial charge in [-0.2, -0.15) is 5.10 Å². The van der Waals surface area contributed by atoms with Gasteiger partial charge in [0.1, 0.15) is 17.0 Å². The first kappa shape index (κ1) is 21.1. The highest BCUT2D eigenvalue weighted by molar-refractivity contribution is 5.97. The van der Waals surface area contributed by atoms with E-state index in [9.17, 15) is 9.59 Å². The average Bonchev–Trinajstić information content (AvgIpc) is 3.19. The zero-order valence-electron chi connectivity index (χ0n) is 17.7. The number of aryl methyl sites for hydroxylation is 1. The normalized spacial score (nSPS) is 11.6. The maximum absolute atomic E-state index is 13.0. The zero-order valence-corrected chi connectivity index (χ0v) is 17.7. The molecule has 0 unspecified atom stereocenters. The van der Waals surface area contributed by atoms with Crippen molar-refractivity contribution in [2.45, 2.75) is 20.0 Å². The molecule has 1 atom stereocenters. The third-order valence-electron chi connectivity index (χ3n) is 4.65. The monoisotopic (exact) mass is 407 g/mol. The Bertz CT molecular complexity index is 1050. The van der Waals surface area contributed by atoms with Crippen molar-refractivity contribution in [1.82, 2.24) is 14.7 Å². The van der Waals surface area contributed by atoms with Crippen LogP contribution in [-0.4, -0.2) is 53.9 Å². The number of hydrogen-bond acceptors (Lipinski definition) is 5. The molecule has 156 valence electrons. The molecule has 7 nitrogen and oxygen atoms in total. The second kappa shape index (κ2) is 8.82. The van der Waals surface area contributed by atoms with Crippen molar-refractivity contribution in [2.24, 2.45) is 0 Å². The number of ether oxygens (including phenoxy) is 2. The zero-order chi connectivity index (χ0) is 21.8. The van der Waals surface area contributed by atoms with Gasteiger partial charge in [-0.15, -0.1) is 0 Å². The van der Waals surface area contributed by atoms with Crippen LogP contribution in [0.2, 0.25) is 0 Å². The van der Waals surface area contributed by atoms with Crippen molar-refractivity contribution in [3.63, 3.8) is 0 Å². The van der Waals surface area contributed by atoms with Crippen LogP contribution in [0.25, 0.3) is 16.9 Å². The molecule has 0 bridgehead atoms. The lowest BCUT2D eigenvalue weighted by Crippen LogP contribution is -2.34. The summed E-state index contributed by atoms with van der Waals surface area (Å²) in [5.74, 6) is -0.265. The Morgan fingerprint density at radius 1 is 1.10 bits per heavy atom. The predicted octanol–water partition coefficient (Wildman–Crippen LogP) is 3.49. The summed E-state index contributed by atoms with van der Waals surface area (Å²) in [7, 11) is 4.81. The fourth-order valence-electron chi connectivity index (χ4n) is 2.97. The number of nitrogens with zero attached hydrogens (tertiary/aromatic N) is 3. The Labute approximate surface area is 175 Å². The molecular weight excluding hydrogens is 382 g/mol. The highest BCUT2D eigenvalue weighted by Crippen LogP contribution is 2.28. The quantitative estimate of drug-likeness (QED) is 0.585. The van der Waals surface area contributed by atoms with Gasteiger partial charge in [-0.3, -0.25) is 4.79 Å². The van der Waals surface area contributed by atoms with Crippen LogP contribution in [0, 0.1) is 6.92 Å². The Balaban J connectivity index is 2.04. The van der Waals surface area contributed by atoms with Crippen LogP contribution in [0.4, 0.5) is 0 Å². The highest BCUT2D eigenvalue weighted by Gasteiger charge is 2.25. The number of carbonyl (C=O) groups is 2. The SMILES string of the molecule is COc1cccc(-c2nn(-c3ccc(C)cc3)cc2C(=O)O[C@@H](C)C(=O)N(C)C)c1. The molecule has 0 radical (unpaired) electrons. The van der Waals surface area contributed by atoms with E-state index in [1.165, 1.54) is 4.90 Å². The van der Waals surface area contributed by atoms with E-state index in [0.29, 0.717) is 17.0 Å². The van der Waals surface area contributed by atoms with E-state index in [2.05, 4.69) is 5.10 Å². The van der Waals surface area contributed by atoms with E-state index < -0.39 is 12.1 Å². The van der Waals surface area contributed by atoms with Crippen LogP contribution in [-0.2, 0) is 9.53 Å². The fraction of sp³-hybridized carbons (Fsp3) is 0.261. The number of likely N-dealkylation sites (N-methyl/N-ethyl adjacent to an activating group) is 1. The third kappa shape index (κ3) is 4.51. The van der Waals surface area contributed by atoms with Gasteiger partial charge in [0.15, 0.2) is 6.10 Å². The molecule has 1 heterocycles. The molecule has 0 saturated heterocycles. The van der Waals surface area contributed by atoms with Gasteiger partial charge in [0, 0.05) is 25.9 Å². The lowest BCUT2D eigenvalue weighted by molar-refractivity contribution is -0.137. The summed E-state index contributed by atoms with van der Waals surface area (Å²) in [6, 6.07) is 15.1. The average molecular weight is 407 g/mol. The molecule has 0 aliphatic heterocycles. The number of carbonyl (C=O) groups excluding carboxylic acids is 2. The highest BCUT2D eigenvalue weighted by atomic mass is 16.5. The van der Waals surface area contributed by atoms with Crippen molar-refractivity contribution in [3.05, 3.63) is 65.9 Å². The molecule has 0 aliphatic carbocycles. The maximum atomic E-state index is 13.0. The van der Waals surface area contributed by atoms with E-state index >= 15 is 0 Å². The van der Waals surface area contributed by atoms with Crippen LogP contribution in [0.15, 0.2) is 54.7 Å². The molecule has 7 heteroatoms. The molecule has 0 spiro atoms. The van der Waals surface area contributed by atoms with Crippen LogP contribution in [0.1, 0.15) is 22.8 Å². The Kier molecular flexibility index (Phi) is 6.20. The number of esters is 1. The van der Waals surface area contributed by atoms with Gasteiger partial charge in [0.2, 0.25) is 0 Å². The lowest BCUT2D eigenvalue weighted by Gasteiger charge is -2.17. The van der Waals surface area contributed by atoms with Crippen molar-refractivity contribution < 1.29 is 19.1 Å². The first-order chi connectivity index (χ1) is 14.3. The molecule has 30 heavy (non-hydrogen) atoms. The summed E-state index contributed by atoms with van der Waals surface area (Å²) < 4.78 is 12.4. The predicted molar refractivity (Wildman–Crippen MR) is 114 cm³/mol. The topological polar surface area (TPSA) is 73.7 Å². The third-order valence-corrected chi connectivity index (χ3v) is 4.65. The van der Waals surface area contributed by atoms with Crippen molar-refractivity contribution in [3.8, 4) is 22.7 Å². The van der Waals surface area contributed by atoms with Crippen molar-refractivity contribution in [2.75, 3.05) is 21.2 Å². The molecular formula is C23H25N3O4. The van der Waals surface area contributed by atoms with Gasteiger partial charge in [-0.1, -0.05) is 29.8 Å². The number of amides is 1. The van der Waals surface area contributed by atoms with Gasteiger partial charge in [-0.25, -0.2) is 9.48 Å². The smallest absolute Gasteiger partial charge is 0.342 e. The Morgan fingerprint density at radius 2 is 1.80 bits per heavy atom. The summed E-state index contributed by atoms with van der Waals surface area (Å²) >= 11 is 0. The van der Waals surface area contributed by atoms with E-state index in [1.54, 1.807) is 45.1 Å². The molecule has 1 aromatic heterocycles. The van der Waals surface area contributed by atoms with Crippen molar-refractivity contribution >= 4 is 11.9 Å². The summed E-state index contributed by atoms with van der Waals surface area (Å²) in [4.78, 5) is 26.5. The van der Waals surface area contributed by atoms with Gasteiger partial charge in [-0.05, 0) is 38.1 Å². The molecule has 3 aromatic rings. The Hall–Kier alpha value is -3.61. The summed E-state index contributed by atoms with van der Waals surface area (Å²) in [6.45, 7) is 3.55. The Morgan fingerprint density at radius 3 is 2.43 bits per heavy atom. The number of hydrogen-bond donors (Lipinski definition) is 0. The minimum absolute atomic E-state index is 0.266. The maximum Gasteiger partial charge on any atom is 0.342 e. The minimum atomic E-state index is -0.909. The molecule has 0 aliphatic rings. The first-order valence-corrected chi connectivity index (χ1v) is 9.53. The van der Waals surface area contributed by atoms with E-state index in [0.717, 1.165) is 11.3 Å². The van der Waals surface area contributed by atoms with Gasteiger partial charge >= 0.3 is 5.97 Å². The van der Waals surface area contributed by atoms with Gasteiger partial charge in [0.25, 0.3) is 5.91 Å². The molecule has 3 rings (SSSR count). The summed E-state index contributed by atoms with van der Waals surface area (Å²) in [5.41, 5.74) is 3.35. The summed E-state index contributed by atoms with van der Waals surface area (Å²) in [6.07, 6.45) is 0.711. The second-order valence-electron chi connectivity index (χ2n) is 7.18. The van der Waals surface area contributed by atoms with E-state index in [1.807, 2.05) is 49.4 Å². The number of aromatic nitrogens is 2. The van der Waals surface area contributed by atoms with Crippen molar-refractivity contribution in [1.29, 1.82) is 0 Å². The minimum Gasteiger partial charge on any atom is -0.497 e. The number of benzene rings is 2. The molecule has 0 fully saturated rings. The number of methoxy groups -OCH3 is 1. The molecule has 2 aromatic carbocycles. The molecule has 0 saturated carbocycles. The van der Waals surface area contributed by atoms with Crippen LogP contribution >= 0.6 is 0 Å². The van der Waals surface area contributed by atoms with E-state index in [-0.39, 0.29) is 11.5 Å². The number of rotatable bonds is 6. The fourth-order valence-corrected chi connectivity index (χ4v) is 2.97. The first-order valence-electron chi connectivity index (χ1n) is 9.53. The second-order valence-corrected chi connectivity index (χ2v) is 7.18. The van der Waals surface area contributed by atoms with Crippen LogP contribution in [0.5, 0.6) is 5.75 Å². The lowest BCUT2D eigenvalue weighted by atomic mass is 10.1. The standard InChI is InChI=1S/C23H25N3O4/c1-15-9-11-18(12-10-15)26-14-20(23(28)30-16(2)22(27)25(3)4)21(24-26)17-7-6-8-19(13-17)29-5/h6-14,16H,1-5H3/t16-/m0/s1. The van der Waals surface area contributed by atoms with Crippen LogP contribution in [0.3, 0.4) is 0 Å². The molecule has 0 N–H and O–H groups in total. The molecule has 1 amide bonds. The largest absolute Gasteiger partial charge is 0.497 e. The summed E-state index contributed by atoms with van der Waals surface area (Å²) in [5, 5.41) is 4.63.